The summed E-state index contributed by atoms with van der Waals surface area (Å²) in [6.07, 6.45) is 5.24. The Kier molecular flexibility index (Phi) is 7.91. The number of rotatable bonds is 8. The standard InChI is InChI=1S/C28H28F2N8O3S/c29-23(30)25-33-32-24(41-25)19-8-6-7-18(15-19)16-38-26(34-35-36-38)28(42-20-9-2-1-3-10-20)12-5-4-11-21(28)22-17-40-14-13-37(22)27(31)39/h1-12,15,21-23,35-36H,13-14,16-17H2,(H2,31,39). The van der Waals surface area contributed by atoms with E-state index in [4.69, 9.17) is 20.0 Å². The molecule has 6 rings (SSSR count). The summed E-state index contributed by atoms with van der Waals surface area (Å²) in [6, 6.07) is 16.3. The molecule has 3 atom stereocenters. The normalized spacial score (nSPS) is 23.7. The van der Waals surface area contributed by atoms with Crippen LogP contribution in [-0.2, 0) is 11.3 Å². The maximum Gasteiger partial charge on any atom is 0.315 e. The third-order valence-electron chi connectivity index (χ3n) is 7.26. The fourth-order valence-corrected chi connectivity index (χ4v) is 6.84. The van der Waals surface area contributed by atoms with E-state index in [0.29, 0.717) is 37.7 Å². The number of amidine groups is 1. The third-order valence-corrected chi connectivity index (χ3v) is 8.69. The van der Waals surface area contributed by atoms with E-state index in [1.165, 1.54) is 0 Å². The molecular formula is C28H28F2N8O3S. The number of carbonyl (C=O) groups excluding carboxylic acids is 1. The number of morpholine rings is 1. The quantitative estimate of drug-likeness (QED) is 0.355. The van der Waals surface area contributed by atoms with Crippen LogP contribution in [-0.4, -0.2) is 62.5 Å². The minimum Gasteiger partial charge on any atom is -0.415 e. The molecule has 1 fully saturated rings. The number of carbonyl (C=O) groups is 1. The van der Waals surface area contributed by atoms with Gasteiger partial charge in [-0.05, 0) is 29.8 Å². The number of aromatic nitrogens is 2. The predicted octanol–water partition coefficient (Wildman–Crippen LogP) is 3.87. The molecule has 2 aromatic carbocycles. The zero-order valence-electron chi connectivity index (χ0n) is 22.3. The van der Waals surface area contributed by atoms with E-state index in [2.05, 4.69) is 33.4 Å². The molecule has 4 N–H and O–H groups in total. The van der Waals surface area contributed by atoms with Crippen molar-refractivity contribution < 1.29 is 22.7 Å². The van der Waals surface area contributed by atoms with Gasteiger partial charge in [-0.2, -0.15) is 8.78 Å². The van der Waals surface area contributed by atoms with Gasteiger partial charge in [0.1, 0.15) is 4.75 Å². The monoisotopic (exact) mass is 594 g/mol. The van der Waals surface area contributed by atoms with Gasteiger partial charge in [-0.1, -0.05) is 54.6 Å². The number of urea groups is 1. The van der Waals surface area contributed by atoms with Crippen LogP contribution >= 0.6 is 11.8 Å². The Labute approximate surface area is 244 Å². The average Bonchev–Trinajstić information content (AvgIpc) is 3.69. The van der Waals surface area contributed by atoms with Crippen molar-refractivity contribution in [2.45, 2.75) is 28.7 Å². The van der Waals surface area contributed by atoms with Crippen molar-refractivity contribution in [3.05, 3.63) is 90.4 Å². The number of hydrogen-bond donors (Lipinski definition) is 3. The van der Waals surface area contributed by atoms with E-state index in [9.17, 15) is 13.6 Å². The van der Waals surface area contributed by atoms with Gasteiger partial charge in [-0.25, -0.2) is 10.3 Å². The first kappa shape index (κ1) is 27.9. The van der Waals surface area contributed by atoms with Gasteiger partial charge < -0.3 is 19.8 Å². The largest absolute Gasteiger partial charge is 0.415 e. The number of allylic oxidation sites excluding steroid dienone is 2. The van der Waals surface area contributed by atoms with Crippen molar-refractivity contribution in [3.8, 4) is 11.5 Å². The molecular weight excluding hydrogens is 566 g/mol. The number of nitrogens with two attached hydrogens (primary N) is 1. The van der Waals surface area contributed by atoms with Gasteiger partial charge in [0.15, 0.2) is 5.84 Å². The van der Waals surface area contributed by atoms with Gasteiger partial charge >= 0.3 is 12.5 Å². The highest BCUT2D eigenvalue weighted by atomic mass is 32.2. The van der Waals surface area contributed by atoms with Crippen LogP contribution in [0.25, 0.3) is 11.5 Å². The number of primary amides is 1. The second kappa shape index (κ2) is 11.9. The van der Waals surface area contributed by atoms with E-state index in [0.717, 1.165) is 10.5 Å². The minimum absolute atomic E-state index is 0.00825. The van der Waals surface area contributed by atoms with Gasteiger partial charge in [-0.15, -0.1) is 32.6 Å². The SMILES string of the molecule is NC(=O)N1CCOCC1C1C=CC=CC1(Sc1ccccc1)C1=NNNN1Cc1cccc(-c2nnc(C(F)F)o2)c1. The summed E-state index contributed by atoms with van der Waals surface area (Å²) >= 11 is 1.62. The number of thioether (sulfide) groups is 1. The van der Waals surface area contributed by atoms with E-state index < -0.39 is 23.1 Å². The van der Waals surface area contributed by atoms with E-state index in [1.54, 1.807) is 34.9 Å². The van der Waals surface area contributed by atoms with Crippen LogP contribution < -0.4 is 16.8 Å². The zero-order chi connectivity index (χ0) is 29.1. The first-order valence-electron chi connectivity index (χ1n) is 13.3. The first-order chi connectivity index (χ1) is 20.4. The Balaban J connectivity index is 1.35. The van der Waals surface area contributed by atoms with Crippen molar-refractivity contribution in [1.82, 2.24) is 31.2 Å². The maximum atomic E-state index is 13.0. The molecule has 11 nitrogen and oxygen atoms in total. The Hall–Kier alpha value is -4.27. The lowest BCUT2D eigenvalue weighted by molar-refractivity contribution is -0.00158. The highest BCUT2D eigenvalue weighted by molar-refractivity contribution is 8.01. The lowest BCUT2D eigenvalue weighted by Gasteiger charge is -2.47. The minimum atomic E-state index is -2.85. The number of alkyl halides is 2. The van der Waals surface area contributed by atoms with E-state index in [1.807, 2.05) is 53.6 Å². The Morgan fingerprint density at radius 3 is 2.81 bits per heavy atom. The highest BCUT2D eigenvalue weighted by Crippen LogP contribution is 2.47. The summed E-state index contributed by atoms with van der Waals surface area (Å²) in [5.74, 6) is -0.315. The van der Waals surface area contributed by atoms with Crippen LogP contribution in [0.1, 0.15) is 17.9 Å². The van der Waals surface area contributed by atoms with Gasteiger partial charge in [0, 0.05) is 22.9 Å². The van der Waals surface area contributed by atoms with Crippen molar-refractivity contribution in [1.29, 1.82) is 0 Å². The summed E-state index contributed by atoms with van der Waals surface area (Å²) in [5.41, 5.74) is 13.2. The second-order valence-corrected chi connectivity index (χ2v) is 11.2. The van der Waals surface area contributed by atoms with Crippen LogP contribution in [0.15, 0.2) is 93.3 Å². The molecule has 2 amide bonds. The number of hydrazone groups is 1. The van der Waals surface area contributed by atoms with E-state index >= 15 is 0 Å². The molecule has 0 spiro atoms. The Morgan fingerprint density at radius 2 is 2.02 bits per heavy atom. The van der Waals surface area contributed by atoms with Gasteiger partial charge in [0.05, 0.1) is 25.8 Å². The fourth-order valence-electron chi connectivity index (χ4n) is 5.39. The molecule has 3 unspecified atom stereocenters. The highest BCUT2D eigenvalue weighted by Gasteiger charge is 2.51. The molecule has 3 aliphatic rings. The van der Waals surface area contributed by atoms with Crippen molar-refractivity contribution in [2.75, 3.05) is 19.8 Å². The third kappa shape index (κ3) is 5.47. The zero-order valence-corrected chi connectivity index (χ0v) is 23.1. The van der Waals surface area contributed by atoms with Gasteiger partial charge in [-0.3, -0.25) is 5.01 Å². The number of hydrogen-bond acceptors (Lipinski definition) is 10. The molecule has 42 heavy (non-hydrogen) atoms. The average molecular weight is 595 g/mol. The molecule has 1 aliphatic carbocycles. The molecule has 14 heteroatoms. The number of nitrogens with one attached hydrogen (secondary N) is 2. The topological polar surface area (TPSA) is 134 Å². The summed E-state index contributed by atoms with van der Waals surface area (Å²) in [4.78, 5) is 15.2. The molecule has 1 saturated heterocycles. The molecule has 0 radical (unpaired) electrons. The predicted molar refractivity (Wildman–Crippen MR) is 152 cm³/mol. The molecule has 3 heterocycles. The lowest BCUT2D eigenvalue weighted by atomic mass is 9.80. The van der Waals surface area contributed by atoms with Crippen LogP contribution in [0, 0.1) is 5.92 Å². The lowest BCUT2D eigenvalue weighted by Crippen LogP contribution is -2.61. The van der Waals surface area contributed by atoms with Crippen molar-refractivity contribution in [2.24, 2.45) is 16.8 Å². The van der Waals surface area contributed by atoms with Crippen LogP contribution in [0.3, 0.4) is 0 Å². The molecule has 0 bridgehead atoms. The van der Waals surface area contributed by atoms with Crippen LogP contribution in [0.5, 0.6) is 0 Å². The van der Waals surface area contributed by atoms with Crippen molar-refractivity contribution in [3.63, 3.8) is 0 Å². The molecule has 1 aromatic heterocycles. The molecule has 0 saturated carbocycles. The Morgan fingerprint density at radius 1 is 1.17 bits per heavy atom. The Bertz CT molecular complexity index is 1520. The van der Waals surface area contributed by atoms with Gasteiger partial charge in [0.2, 0.25) is 5.89 Å². The fraction of sp³-hybridized carbons (Fsp3) is 0.286. The number of halogens is 2. The smallest absolute Gasteiger partial charge is 0.315 e. The first-order valence-corrected chi connectivity index (χ1v) is 14.1. The van der Waals surface area contributed by atoms with E-state index in [-0.39, 0.29) is 17.9 Å². The van der Waals surface area contributed by atoms with Crippen molar-refractivity contribution >= 4 is 23.6 Å². The van der Waals surface area contributed by atoms with Crippen LogP contribution in [0.4, 0.5) is 13.6 Å². The van der Waals surface area contributed by atoms with Gasteiger partial charge in [0.25, 0.3) is 5.89 Å². The number of amides is 2. The summed E-state index contributed by atoms with van der Waals surface area (Å²) in [6.45, 7) is 1.47. The summed E-state index contributed by atoms with van der Waals surface area (Å²) in [5, 5.41) is 13.8. The molecule has 2 aliphatic heterocycles. The number of nitrogens with zero attached hydrogens (tertiary/aromatic N) is 5. The molecule has 3 aromatic rings. The summed E-state index contributed by atoms with van der Waals surface area (Å²) < 4.78 is 36.2. The number of ether oxygens (including phenoxy) is 1. The molecule has 218 valence electrons. The number of benzene rings is 2. The maximum absolute atomic E-state index is 13.0. The number of hydrazine groups is 2. The summed E-state index contributed by atoms with van der Waals surface area (Å²) in [7, 11) is 0. The second-order valence-electron chi connectivity index (χ2n) is 9.84. The van der Waals surface area contributed by atoms with Crippen LogP contribution in [0.2, 0.25) is 0 Å².